The third-order valence-corrected chi connectivity index (χ3v) is 6.29. The predicted octanol–water partition coefficient (Wildman–Crippen LogP) is 4.03. The van der Waals surface area contributed by atoms with Crippen molar-refractivity contribution in [2.75, 3.05) is 36.7 Å². The zero-order valence-corrected chi connectivity index (χ0v) is 21.2. The van der Waals surface area contributed by atoms with Gasteiger partial charge in [0.05, 0.1) is 11.4 Å². The van der Waals surface area contributed by atoms with E-state index >= 15 is 4.39 Å². The Morgan fingerprint density at radius 3 is 2.63 bits per heavy atom. The number of aliphatic hydroxyl groups is 1. The SMILES string of the molecule is C=C(C)C1CN(c2c(C)cc(C)nc2Cl)C(=O)c2cc(F)c(N(C)/N=C(/CO)N(C=O)CC)cc21. The van der Waals surface area contributed by atoms with Gasteiger partial charge in [-0.3, -0.25) is 19.5 Å². The van der Waals surface area contributed by atoms with Crippen LogP contribution in [0.15, 0.2) is 35.5 Å². The highest BCUT2D eigenvalue weighted by molar-refractivity contribution is 6.33. The van der Waals surface area contributed by atoms with E-state index in [1.165, 1.54) is 27.9 Å². The summed E-state index contributed by atoms with van der Waals surface area (Å²) in [5.74, 6) is -1.30. The molecule has 1 aromatic heterocycles. The lowest BCUT2D eigenvalue weighted by Crippen LogP contribution is -2.41. The van der Waals surface area contributed by atoms with Crippen LogP contribution in [0.25, 0.3) is 0 Å². The molecule has 0 aliphatic carbocycles. The summed E-state index contributed by atoms with van der Waals surface area (Å²) >= 11 is 6.43. The number of hydrazone groups is 1. The maximum absolute atomic E-state index is 15.3. The van der Waals surface area contributed by atoms with E-state index in [1.807, 2.05) is 26.8 Å². The number of anilines is 2. The van der Waals surface area contributed by atoms with Gasteiger partial charge in [-0.15, -0.1) is 0 Å². The van der Waals surface area contributed by atoms with E-state index in [4.69, 9.17) is 11.6 Å². The molecule has 0 fully saturated rings. The Hall–Kier alpha value is -3.30. The van der Waals surface area contributed by atoms with Gasteiger partial charge in [-0.2, -0.15) is 5.10 Å². The van der Waals surface area contributed by atoms with E-state index in [9.17, 15) is 14.7 Å². The van der Waals surface area contributed by atoms with E-state index in [1.54, 1.807) is 13.0 Å². The smallest absolute Gasteiger partial charge is 0.258 e. The second kappa shape index (κ2) is 10.5. The first-order chi connectivity index (χ1) is 16.5. The maximum Gasteiger partial charge on any atom is 0.258 e. The first kappa shape index (κ1) is 26.3. The minimum Gasteiger partial charge on any atom is -0.388 e. The van der Waals surface area contributed by atoms with Crippen molar-refractivity contribution in [1.82, 2.24) is 9.88 Å². The van der Waals surface area contributed by atoms with Crippen LogP contribution in [0, 0.1) is 19.7 Å². The summed E-state index contributed by atoms with van der Waals surface area (Å²) in [6.07, 6.45) is 0.545. The number of nitrogens with zero attached hydrogens (tertiary/aromatic N) is 5. The number of aromatic nitrogens is 1. The minimum absolute atomic E-state index is 0.0674. The van der Waals surface area contributed by atoms with Crippen LogP contribution in [0.1, 0.15) is 46.9 Å². The molecule has 2 heterocycles. The molecule has 1 unspecified atom stereocenters. The average Bonchev–Trinajstić information content (AvgIpc) is 2.79. The molecule has 10 heteroatoms. The number of halogens is 2. The second-order valence-corrected chi connectivity index (χ2v) is 8.87. The van der Waals surface area contributed by atoms with E-state index in [0.717, 1.165) is 16.8 Å². The molecule has 1 atom stereocenters. The lowest BCUT2D eigenvalue weighted by Gasteiger charge is -2.36. The number of likely N-dealkylation sites (N-methyl/N-ethyl adjacent to an activating group) is 1. The van der Waals surface area contributed by atoms with E-state index in [0.29, 0.717) is 24.2 Å². The third-order valence-electron chi connectivity index (χ3n) is 6.02. The van der Waals surface area contributed by atoms with Gasteiger partial charge in [-0.05, 0) is 57.0 Å². The summed E-state index contributed by atoms with van der Waals surface area (Å²) in [6, 6.07) is 4.59. The molecule has 1 aliphatic rings. The molecule has 2 amide bonds. The maximum atomic E-state index is 15.3. The second-order valence-electron chi connectivity index (χ2n) is 8.51. The zero-order valence-electron chi connectivity index (χ0n) is 20.5. The van der Waals surface area contributed by atoms with Gasteiger partial charge >= 0.3 is 0 Å². The van der Waals surface area contributed by atoms with Crippen molar-refractivity contribution in [3.8, 4) is 0 Å². The number of rotatable bonds is 7. The van der Waals surface area contributed by atoms with Crippen molar-refractivity contribution in [3.63, 3.8) is 0 Å². The highest BCUT2D eigenvalue weighted by Crippen LogP contribution is 2.40. The van der Waals surface area contributed by atoms with Crippen LogP contribution in [0.2, 0.25) is 5.15 Å². The monoisotopic (exact) mass is 501 g/mol. The van der Waals surface area contributed by atoms with Gasteiger partial charge in [0.25, 0.3) is 5.91 Å². The molecule has 1 N–H and O–H groups in total. The van der Waals surface area contributed by atoms with Crippen molar-refractivity contribution < 1.29 is 19.1 Å². The van der Waals surface area contributed by atoms with Gasteiger partial charge in [0.1, 0.15) is 12.4 Å². The Kier molecular flexibility index (Phi) is 7.92. The summed E-state index contributed by atoms with van der Waals surface area (Å²) in [5.41, 5.74) is 3.70. The van der Waals surface area contributed by atoms with Crippen molar-refractivity contribution in [2.45, 2.75) is 33.6 Å². The molecule has 8 nitrogen and oxygen atoms in total. The number of pyridine rings is 1. The summed E-state index contributed by atoms with van der Waals surface area (Å²) in [6.45, 7) is 11.4. The molecule has 0 radical (unpaired) electrons. The fraction of sp³-hybridized carbons (Fsp3) is 0.360. The molecule has 0 bridgehead atoms. The Morgan fingerprint density at radius 1 is 1.40 bits per heavy atom. The number of hydrogen-bond donors (Lipinski definition) is 1. The quantitative estimate of drug-likeness (QED) is 0.154. The Bertz CT molecular complexity index is 1190. The fourth-order valence-electron chi connectivity index (χ4n) is 4.26. The first-order valence-electron chi connectivity index (χ1n) is 11.1. The Labute approximate surface area is 209 Å². The number of amides is 2. The summed E-state index contributed by atoms with van der Waals surface area (Å²) in [7, 11) is 1.51. The molecule has 1 aliphatic heterocycles. The molecule has 35 heavy (non-hydrogen) atoms. The van der Waals surface area contributed by atoms with Crippen LogP contribution in [0.4, 0.5) is 15.8 Å². The predicted molar refractivity (Wildman–Crippen MR) is 136 cm³/mol. The van der Waals surface area contributed by atoms with Crippen LogP contribution >= 0.6 is 11.6 Å². The molecular weight excluding hydrogens is 473 g/mol. The number of aryl methyl sites for hydroxylation is 2. The highest BCUT2D eigenvalue weighted by atomic mass is 35.5. The van der Waals surface area contributed by atoms with E-state index < -0.39 is 12.4 Å². The number of carbonyl (C=O) groups excluding carboxylic acids is 2. The number of aliphatic hydroxyl groups excluding tert-OH is 1. The largest absolute Gasteiger partial charge is 0.388 e. The van der Waals surface area contributed by atoms with Crippen LogP contribution in [-0.2, 0) is 4.79 Å². The van der Waals surface area contributed by atoms with Gasteiger partial charge in [-0.25, -0.2) is 9.37 Å². The molecule has 2 aromatic rings. The first-order valence-corrected chi connectivity index (χ1v) is 11.5. The Morgan fingerprint density at radius 2 is 2.09 bits per heavy atom. The topological polar surface area (TPSA) is 89.3 Å². The number of amidine groups is 1. The number of fused-ring (bicyclic) bond motifs is 1. The lowest BCUT2D eigenvalue weighted by molar-refractivity contribution is -0.114. The number of carbonyl (C=O) groups is 2. The molecule has 0 saturated carbocycles. The van der Waals surface area contributed by atoms with Gasteiger partial charge in [0.2, 0.25) is 6.41 Å². The van der Waals surface area contributed by atoms with Crippen LogP contribution < -0.4 is 9.91 Å². The third kappa shape index (κ3) is 5.06. The van der Waals surface area contributed by atoms with E-state index in [-0.39, 0.29) is 40.6 Å². The zero-order chi connectivity index (χ0) is 26.0. The molecule has 0 spiro atoms. The van der Waals surface area contributed by atoms with Gasteiger partial charge in [0, 0.05) is 37.3 Å². The van der Waals surface area contributed by atoms with Crippen molar-refractivity contribution in [3.05, 3.63) is 63.7 Å². The molecule has 186 valence electrons. The summed E-state index contributed by atoms with van der Waals surface area (Å²) in [5, 5.41) is 15.3. The normalized spacial score (nSPS) is 15.7. The van der Waals surface area contributed by atoms with Crippen LogP contribution in [-0.4, -0.2) is 59.9 Å². The molecule has 3 rings (SSSR count). The van der Waals surface area contributed by atoms with Gasteiger partial charge < -0.3 is 10.0 Å². The highest BCUT2D eigenvalue weighted by Gasteiger charge is 2.36. The van der Waals surface area contributed by atoms with Crippen LogP contribution in [0.5, 0.6) is 0 Å². The van der Waals surface area contributed by atoms with Crippen molar-refractivity contribution in [2.24, 2.45) is 5.10 Å². The lowest BCUT2D eigenvalue weighted by atomic mass is 9.84. The molecular formula is C25H29ClFN5O3. The minimum atomic E-state index is -0.679. The average molecular weight is 502 g/mol. The molecule has 0 saturated heterocycles. The summed E-state index contributed by atoms with van der Waals surface area (Å²) in [4.78, 5) is 31.8. The summed E-state index contributed by atoms with van der Waals surface area (Å²) < 4.78 is 15.3. The van der Waals surface area contributed by atoms with Crippen molar-refractivity contribution >= 4 is 41.1 Å². The van der Waals surface area contributed by atoms with Crippen LogP contribution in [0.3, 0.4) is 0 Å². The number of hydrogen-bond acceptors (Lipinski definition) is 6. The van der Waals surface area contributed by atoms with E-state index in [2.05, 4.69) is 16.7 Å². The Balaban J connectivity index is 2.12. The van der Waals surface area contributed by atoms with Gasteiger partial charge in [-0.1, -0.05) is 23.8 Å². The molecule has 1 aromatic carbocycles. The fourth-order valence-corrected chi connectivity index (χ4v) is 4.64. The van der Waals surface area contributed by atoms with Crippen molar-refractivity contribution in [1.29, 1.82) is 0 Å². The standard InChI is InChI=1S/C25H29ClFN5O3/c1-7-31(13-34)22(12-33)29-30(6)21-10-17-18(9-20(21)27)25(35)32(11-19(17)14(2)3)23-15(4)8-16(5)28-24(23)26/h8-10,13,19,33H,2,7,11-12H2,1,3-6H3/b29-22-. The van der Waals surface area contributed by atoms with Gasteiger partial charge in [0.15, 0.2) is 11.0 Å². The number of benzene rings is 1.